The number of likely N-dealkylation sites (tertiary alicyclic amines) is 1. The average molecular weight is 271 g/mol. The molecule has 3 rings (SSSR count). The number of carbonyl (C=O) groups excluding carboxylic acids is 1. The molecule has 1 aliphatic rings. The first kappa shape index (κ1) is 13.2. The number of benzene rings is 1. The van der Waals surface area contributed by atoms with Crippen LogP contribution in [0.15, 0.2) is 24.3 Å². The second-order valence-electron chi connectivity index (χ2n) is 5.57. The molecule has 0 atom stereocenters. The maximum absolute atomic E-state index is 11.5. The van der Waals surface area contributed by atoms with Crippen molar-refractivity contribution in [3.05, 3.63) is 35.5 Å². The van der Waals surface area contributed by atoms with Crippen molar-refractivity contribution in [2.45, 2.75) is 25.7 Å². The van der Waals surface area contributed by atoms with Gasteiger partial charge in [0.25, 0.3) is 5.91 Å². The third-order valence-corrected chi connectivity index (χ3v) is 4.42. The fourth-order valence-corrected chi connectivity index (χ4v) is 3.16. The summed E-state index contributed by atoms with van der Waals surface area (Å²) >= 11 is 0. The minimum atomic E-state index is -0.371. The molecule has 4 nitrogen and oxygen atoms in total. The average Bonchev–Trinajstić information content (AvgIpc) is 2.90. The molecule has 106 valence electrons. The molecule has 0 radical (unpaired) electrons. The second-order valence-corrected chi connectivity index (χ2v) is 5.57. The van der Waals surface area contributed by atoms with E-state index in [1.165, 1.54) is 18.5 Å². The molecule has 1 aliphatic heterocycles. The van der Waals surface area contributed by atoms with Gasteiger partial charge in [-0.15, -0.1) is 0 Å². The van der Waals surface area contributed by atoms with Gasteiger partial charge < -0.3 is 15.6 Å². The zero-order valence-corrected chi connectivity index (χ0v) is 11.9. The van der Waals surface area contributed by atoms with E-state index in [2.05, 4.69) is 22.9 Å². The highest BCUT2D eigenvalue weighted by atomic mass is 16.1. The minimum absolute atomic E-state index is 0.371. The van der Waals surface area contributed by atoms with E-state index in [1.54, 1.807) is 6.07 Å². The lowest BCUT2D eigenvalue weighted by molar-refractivity contribution is 0.100. The fourth-order valence-electron chi connectivity index (χ4n) is 3.16. The Balaban J connectivity index is 1.90. The van der Waals surface area contributed by atoms with Gasteiger partial charge in [0.15, 0.2) is 0 Å². The number of nitrogens with two attached hydrogens (primary N) is 1. The zero-order valence-electron chi connectivity index (χ0n) is 11.9. The number of hydrogen-bond donors (Lipinski definition) is 2. The lowest BCUT2D eigenvalue weighted by Gasteiger charge is -2.30. The Morgan fingerprint density at radius 1 is 1.40 bits per heavy atom. The number of aromatic amines is 1. The molecular weight excluding hydrogens is 250 g/mol. The topological polar surface area (TPSA) is 62.1 Å². The van der Waals surface area contributed by atoms with Crippen molar-refractivity contribution in [1.82, 2.24) is 9.88 Å². The molecule has 0 spiro atoms. The number of amides is 1. The normalized spacial score (nSPS) is 17.6. The second kappa shape index (κ2) is 5.29. The molecule has 0 aliphatic carbocycles. The molecule has 2 heterocycles. The van der Waals surface area contributed by atoms with Gasteiger partial charge in [-0.1, -0.05) is 19.1 Å². The Labute approximate surface area is 118 Å². The van der Waals surface area contributed by atoms with Crippen LogP contribution < -0.4 is 5.73 Å². The number of H-pyrrole nitrogens is 1. The summed E-state index contributed by atoms with van der Waals surface area (Å²) < 4.78 is 0. The van der Waals surface area contributed by atoms with E-state index in [-0.39, 0.29) is 5.91 Å². The number of carbonyl (C=O) groups is 1. The van der Waals surface area contributed by atoms with Gasteiger partial charge in [0.1, 0.15) is 0 Å². The first-order chi connectivity index (χ1) is 9.69. The largest absolute Gasteiger partial charge is 0.366 e. The summed E-state index contributed by atoms with van der Waals surface area (Å²) in [6, 6.07) is 7.88. The minimum Gasteiger partial charge on any atom is -0.366 e. The number of nitrogens with zero attached hydrogens (tertiary/aromatic N) is 1. The first-order valence-corrected chi connectivity index (χ1v) is 7.33. The summed E-state index contributed by atoms with van der Waals surface area (Å²) in [5.41, 5.74) is 8.14. The lowest BCUT2D eigenvalue weighted by Crippen LogP contribution is -2.32. The predicted octanol–water partition coefficient (Wildman–Crippen LogP) is 2.47. The van der Waals surface area contributed by atoms with E-state index in [0.717, 1.165) is 30.5 Å². The summed E-state index contributed by atoms with van der Waals surface area (Å²) in [7, 11) is 0. The molecule has 1 saturated heterocycles. The maximum Gasteiger partial charge on any atom is 0.250 e. The van der Waals surface area contributed by atoms with Crippen LogP contribution in [0.5, 0.6) is 0 Å². The SMILES string of the molecule is CCN1CCC(c2cc3cccc(C(N)=O)c3[nH]2)CC1. The molecule has 0 unspecified atom stereocenters. The zero-order chi connectivity index (χ0) is 14.1. The van der Waals surface area contributed by atoms with Crippen molar-refractivity contribution in [2.75, 3.05) is 19.6 Å². The van der Waals surface area contributed by atoms with E-state index in [0.29, 0.717) is 11.5 Å². The maximum atomic E-state index is 11.5. The first-order valence-electron chi connectivity index (χ1n) is 7.33. The van der Waals surface area contributed by atoms with Gasteiger partial charge in [-0.05, 0) is 44.6 Å². The third-order valence-electron chi connectivity index (χ3n) is 4.42. The molecule has 0 bridgehead atoms. The van der Waals surface area contributed by atoms with E-state index in [4.69, 9.17) is 5.73 Å². The molecule has 3 N–H and O–H groups in total. The number of primary amides is 1. The van der Waals surface area contributed by atoms with Gasteiger partial charge in [0, 0.05) is 17.0 Å². The van der Waals surface area contributed by atoms with E-state index in [1.807, 2.05) is 12.1 Å². The van der Waals surface area contributed by atoms with Crippen LogP contribution in [0.25, 0.3) is 10.9 Å². The summed E-state index contributed by atoms with van der Waals surface area (Å²) in [4.78, 5) is 17.4. The molecule has 1 fully saturated rings. The van der Waals surface area contributed by atoms with Crippen LogP contribution >= 0.6 is 0 Å². The van der Waals surface area contributed by atoms with E-state index < -0.39 is 0 Å². The van der Waals surface area contributed by atoms with Gasteiger partial charge in [0.2, 0.25) is 0 Å². The Kier molecular flexibility index (Phi) is 3.49. The van der Waals surface area contributed by atoms with Crippen molar-refractivity contribution in [3.63, 3.8) is 0 Å². The van der Waals surface area contributed by atoms with Crippen LogP contribution in [0, 0.1) is 0 Å². The van der Waals surface area contributed by atoms with Gasteiger partial charge in [0.05, 0.1) is 11.1 Å². The molecule has 2 aromatic rings. The molecule has 1 amide bonds. The Hall–Kier alpha value is -1.81. The molecule has 4 heteroatoms. The summed E-state index contributed by atoms with van der Waals surface area (Å²) in [6.07, 6.45) is 2.35. The highest BCUT2D eigenvalue weighted by Gasteiger charge is 2.21. The van der Waals surface area contributed by atoms with Crippen molar-refractivity contribution in [1.29, 1.82) is 0 Å². The molecule has 1 aromatic carbocycles. The molecule has 0 saturated carbocycles. The number of aromatic nitrogens is 1. The Bertz CT molecular complexity index is 624. The van der Waals surface area contributed by atoms with Crippen molar-refractivity contribution >= 4 is 16.8 Å². The number of para-hydroxylation sites is 1. The highest BCUT2D eigenvalue weighted by molar-refractivity contribution is 6.05. The quantitative estimate of drug-likeness (QED) is 0.900. The van der Waals surface area contributed by atoms with E-state index >= 15 is 0 Å². The van der Waals surface area contributed by atoms with Crippen LogP contribution in [-0.2, 0) is 0 Å². The van der Waals surface area contributed by atoms with Crippen LogP contribution in [0.4, 0.5) is 0 Å². The van der Waals surface area contributed by atoms with Crippen molar-refractivity contribution in [3.8, 4) is 0 Å². The number of fused-ring (bicyclic) bond motifs is 1. The van der Waals surface area contributed by atoms with Gasteiger partial charge in [-0.25, -0.2) is 0 Å². The fraction of sp³-hybridized carbons (Fsp3) is 0.438. The smallest absolute Gasteiger partial charge is 0.250 e. The van der Waals surface area contributed by atoms with Crippen LogP contribution in [0.1, 0.15) is 41.7 Å². The Morgan fingerprint density at radius 2 is 2.15 bits per heavy atom. The number of hydrogen-bond acceptors (Lipinski definition) is 2. The van der Waals surface area contributed by atoms with Crippen molar-refractivity contribution < 1.29 is 4.79 Å². The number of nitrogens with one attached hydrogen (secondary N) is 1. The standard InChI is InChI=1S/C16H21N3O/c1-2-19-8-6-11(7-9-19)14-10-12-4-3-5-13(16(17)20)15(12)18-14/h3-5,10-11,18H,2,6-9H2,1H3,(H2,17,20). The van der Waals surface area contributed by atoms with Gasteiger partial charge >= 0.3 is 0 Å². The summed E-state index contributed by atoms with van der Waals surface area (Å²) in [5.74, 6) is 0.190. The number of rotatable bonds is 3. The van der Waals surface area contributed by atoms with Crippen LogP contribution in [0.2, 0.25) is 0 Å². The summed E-state index contributed by atoms with van der Waals surface area (Å²) in [6.45, 7) is 5.64. The van der Waals surface area contributed by atoms with Gasteiger partial charge in [-0.3, -0.25) is 4.79 Å². The lowest BCUT2D eigenvalue weighted by atomic mass is 9.93. The third kappa shape index (κ3) is 2.31. The summed E-state index contributed by atoms with van der Waals surface area (Å²) in [5, 5.41) is 1.08. The van der Waals surface area contributed by atoms with Crippen molar-refractivity contribution in [2.24, 2.45) is 5.73 Å². The monoisotopic (exact) mass is 271 g/mol. The predicted molar refractivity (Wildman–Crippen MR) is 80.9 cm³/mol. The molecule has 20 heavy (non-hydrogen) atoms. The Morgan fingerprint density at radius 3 is 2.80 bits per heavy atom. The molecule has 1 aromatic heterocycles. The molecular formula is C16H21N3O. The van der Waals surface area contributed by atoms with Gasteiger partial charge in [-0.2, -0.15) is 0 Å². The van der Waals surface area contributed by atoms with Crippen LogP contribution in [-0.4, -0.2) is 35.4 Å². The van der Waals surface area contributed by atoms with E-state index in [9.17, 15) is 4.79 Å². The van der Waals surface area contributed by atoms with Crippen LogP contribution in [0.3, 0.4) is 0 Å². The number of piperidine rings is 1. The highest BCUT2D eigenvalue weighted by Crippen LogP contribution is 2.30.